The van der Waals surface area contributed by atoms with Gasteiger partial charge >= 0.3 is 0 Å². The van der Waals surface area contributed by atoms with Crippen molar-refractivity contribution in [3.63, 3.8) is 0 Å². The Bertz CT molecular complexity index is 1200. The van der Waals surface area contributed by atoms with Crippen molar-refractivity contribution < 1.29 is 13.9 Å². The fraction of sp³-hybridized carbons (Fsp3) is 0.444. The van der Waals surface area contributed by atoms with Crippen LogP contribution in [0, 0.1) is 5.82 Å². The number of hydrogen-bond acceptors (Lipinski definition) is 7. The number of fused-ring (bicyclic) bond motifs is 1. The van der Waals surface area contributed by atoms with E-state index in [1.165, 1.54) is 17.0 Å². The summed E-state index contributed by atoms with van der Waals surface area (Å²) in [6.07, 6.45) is 1.96. The number of allylic oxidation sites excluding steroid dienone is 1. The zero-order chi connectivity index (χ0) is 25.3. The fourth-order valence-corrected chi connectivity index (χ4v) is 5.94. The van der Waals surface area contributed by atoms with Crippen LogP contribution in [-0.4, -0.2) is 73.7 Å². The fourth-order valence-electron chi connectivity index (χ4n) is 5.09. The molecule has 0 bridgehead atoms. The van der Waals surface area contributed by atoms with Crippen LogP contribution in [0.2, 0.25) is 0 Å². The van der Waals surface area contributed by atoms with Crippen molar-refractivity contribution in [3.05, 3.63) is 63.3 Å². The quantitative estimate of drug-likeness (QED) is 0.373. The van der Waals surface area contributed by atoms with Gasteiger partial charge < -0.3 is 21.1 Å². The second-order valence-electron chi connectivity index (χ2n) is 10.0. The highest BCUT2D eigenvalue weighted by atomic mass is 32.1. The molecule has 0 unspecified atom stereocenters. The number of anilines is 1. The molecule has 0 aliphatic carbocycles. The van der Waals surface area contributed by atoms with Gasteiger partial charge in [-0.15, -0.1) is 11.3 Å². The SMILES string of the molecule is CC1(C)OC(=C2C(=O)Nc3cc(F)ccc32)C=C1c1csc(CNCCN2CCN(CCN)CC2)c1. The van der Waals surface area contributed by atoms with Crippen LogP contribution >= 0.6 is 11.3 Å². The number of piperazine rings is 1. The molecule has 4 N–H and O–H groups in total. The smallest absolute Gasteiger partial charge is 0.260 e. The maximum Gasteiger partial charge on any atom is 0.260 e. The molecule has 9 heteroatoms. The van der Waals surface area contributed by atoms with Gasteiger partial charge in [0.15, 0.2) is 0 Å². The van der Waals surface area contributed by atoms with Gasteiger partial charge in [0.2, 0.25) is 0 Å². The van der Waals surface area contributed by atoms with Gasteiger partial charge in [0.1, 0.15) is 17.2 Å². The van der Waals surface area contributed by atoms with E-state index in [-0.39, 0.29) is 11.7 Å². The Morgan fingerprint density at radius 3 is 2.67 bits per heavy atom. The molecule has 0 saturated carbocycles. The molecule has 2 aromatic rings. The molecule has 7 nitrogen and oxygen atoms in total. The van der Waals surface area contributed by atoms with E-state index < -0.39 is 5.60 Å². The molecule has 5 rings (SSSR count). The Balaban J connectivity index is 1.22. The summed E-state index contributed by atoms with van der Waals surface area (Å²) < 4.78 is 19.9. The standard InChI is InChI=1S/C27H34FN5O2S/c1-27(2)22(15-24(35-27)25-21-4-3-19(28)14-23(21)31-26(25)34)18-13-20(36-17-18)16-30-6-8-33-11-9-32(7-5-29)10-12-33/h3-4,13-15,17,30H,5-12,16,29H2,1-2H3,(H,31,34). The predicted molar refractivity (Wildman–Crippen MR) is 143 cm³/mol. The highest BCUT2D eigenvalue weighted by Crippen LogP contribution is 2.45. The van der Waals surface area contributed by atoms with Crippen molar-refractivity contribution in [2.75, 3.05) is 57.7 Å². The molecular weight excluding hydrogens is 477 g/mol. The van der Waals surface area contributed by atoms with Gasteiger partial charge in [-0.05, 0) is 55.1 Å². The number of nitrogens with one attached hydrogen (secondary N) is 2. The largest absolute Gasteiger partial charge is 0.482 e. The summed E-state index contributed by atoms with van der Waals surface area (Å²) in [6, 6.07) is 6.53. The van der Waals surface area contributed by atoms with Crippen molar-refractivity contribution in [2.45, 2.75) is 26.0 Å². The lowest BCUT2D eigenvalue weighted by Gasteiger charge is -2.34. The number of thiophene rings is 1. The average Bonchev–Trinajstić information content (AvgIpc) is 3.51. The minimum atomic E-state index is -0.580. The summed E-state index contributed by atoms with van der Waals surface area (Å²) in [5, 5.41) is 8.47. The third kappa shape index (κ3) is 5.26. The summed E-state index contributed by atoms with van der Waals surface area (Å²) in [4.78, 5) is 18.9. The number of nitrogens with two attached hydrogens (primary N) is 1. The second kappa shape index (κ2) is 10.4. The molecule has 0 radical (unpaired) electrons. The van der Waals surface area contributed by atoms with Gasteiger partial charge in [0.25, 0.3) is 5.91 Å². The maximum absolute atomic E-state index is 13.6. The van der Waals surface area contributed by atoms with Crippen LogP contribution in [0.15, 0.2) is 41.5 Å². The number of nitrogens with zero attached hydrogens (tertiary/aromatic N) is 2. The molecule has 4 heterocycles. The number of rotatable bonds is 8. The summed E-state index contributed by atoms with van der Waals surface area (Å²) in [6.45, 7) is 13.0. The molecule has 1 aromatic carbocycles. The molecule has 0 atom stereocenters. The van der Waals surface area contributed by atoms with Crippen LogP contribution in [0.1, 0.15) is 29.9 Å². The molecule has 3 aliphatic rings. The summed E-state index contributed by atoms with van der Waals surface area (Å²) in [5.74, 6) is -0.126. The van der Waals surface area contributed by atoms with Gasteiger partial charge in [-0.2, -0.15) is 0 Å². The van der Waals surface area contributed by atoms with Crippen LogP contribution in [0.25, 0.3) is 11.1 Å². The van der Waals surface area contributed by atoms with Crippen molar-refractivity contribution in [1.29, 1.82) is 0 Å². The molecule has 36 heavy (non-hydrogen) atoms. The maximum atomic E-state index is 13.6. The lowest BCUT2D eigenvalue weighted by molar-refractivity contribution is -0.111. The van der Waals surface area contributed by atoms with Crippen molar-refractivity contribution >= 4 is 34.1 Å². The van der Waals surface area contributed by atoms with E-state index in [1.54, 1.807) is 17.4 Å². The lowest BCUT2D eigenvalue weighted by atomic mass is 9.94. The Morgan fingerprint density at radius 2 is 1.92 bits per heavy atom. The van der Waals surface area contributed by atoms with Crippen LogP contribution < -0.4 is 16.4 Å². The molecule has 1 saturated heterocycles. The first kappa shape index (κ1) is 25.1. The van der Waals surface area contributed by atoms with E-state index in [0.29, 0.717) is 22.6 Å². The minimum Gasteiger partial charge on any atom is -0.482 e. The zero-order valence-electron chi connectivity index (χ0n) is 20.9. The molecule has 1 amide bonds. The molecule has 0 spiro atoms. The van der Waals surface area contributed by atoms with E-state index in [4.69, 9.17) is 10.5 Å². The summed E-state index contributed by atoms with van der Waals surface area (Å²) in [7, 11) is 0. The number of amides is 1. The number of benzene rings is 1. The number of halogens is 1. The number of hydrogen-bond donors (Lipinski definition) is 3. The van der Waals surface area contributed by atoms with Crippen molar-refractivity contribution in [2.24, 2.45) is 5.73 Å². The van der Waals surface area contributed by atoms with E-state index in [2.05, 4.69) is 31.9 Å². The predicted octanol–water partition coefficient (Wildman–Crippen LogP) is 3.11. The minimum absolute atomic E-state index is 0.269. The number of ether oxygens (including phenoxy) is 1. The molecule has 192 valence electrons. The third-order valence-corrected chi connectivity index (χ3v) is 7.98. The Kier molecular flexibility index (Phi) is 7.28. The van der Waals surface area contributed by atoms with Gasteiger partial charge in [-0.1, -0.05) is 0 Å². The van der Waals surface area contributed by atoms with Gasteiger partial charge in [-0.3, -0.25) is 14.6 Å². The zero-order valence-corrected chi connectivity index (χ0v) is 21.7. The normalized spacial score (nSPS) is 21.9. The first-order chi connectivity index (χ1) is 17.3. The first-order valence-corrected chi connectivity index (χ1v) is 13.4. The Hall–Kier alpha value is -2.56. The highest BCUT2D eigenvalue weighted by molar-refractivity contribution is 7.10. The molecule has 1 aromatic heterocycles. The first-order valence-electron chi connectivity index (χ1n) is 12.5. The lowest BCUT2D eigenvalue weighted by Crippen LogP contribution is -2.49. The van der Waals surface area contributed by atoms with E-state index in [9.17, 15) is 9.18 Å². The van der Waals surface area contributed by atoms with E-state index in [1.807, 2.05) is 19.9 Å². The van der Waals surface area contributed by atoms with Gasteiger partial charge in [0, 0.05) is 74.9 Å². The van der Waals surface area contributed by atoms with Crippen LogP contribution in [0.3, 0.4) is 0 Å². The average molecular weight is 512 g/mol. The molecule has 1 fully saturated rings. The third-order valence-electron chi connectivity index (χ3n) is 7.04. The van der Waals surface area contributed by atoms with Crippen LogP contribution in [0.5, 0.6) is 0 Å². The van der Waals surface area contributed by atoms with Gasteiger partial charge in [-0.25, -0.2) is 4.39 Å². The second-order valence-corrected chi connectivity index (χ2v) is 11.0. The van der Waals surface area contributed by atoms with Crippen LogP contribution in [-0.2, 0) is 16.1 Å². The molecular formula is C27H34FN5O2S. The van der Waals surface area contributed by atoms with E-state index >= 15 is 0 Å². The number of carbonyl (C=O) groups is 1. The summed E-state index contributed by atoms with van der Waals surface area (Å²) >= 11 is 1.73. The monoisotopic (exact) mass is 511 g/mol. The topological polar surface area (TPSA) is 82.9 Å². The van der Waals surface area contributed by atoms with Crippen molar-refractivity contribution in [3.8, 4) is 0 Å². The van der Waals surface area contributed by atoms with Crippen LogP contribution in [0.4, 0.5) is 10.1 Å². The Morgan fingerprint density at radius 1 is 1.17 bits per heavy atom. The number of carbonyl (C=O) groups excluding carboxylic acids is 1. The summed E-state index contributed by atoms with van der Waals surface area (Å²) in [5.41, 5.74) is 8.82. The Labute approximate surface area is 215 Å². The highest BCUT2D eigenvalue weighted by Gasteiger charge is 2.38. The van der Waals surface area contributed by atoms with Crippen molar-refractivity contribution in [1.82, 2.24) is 15.1 Å². The molecule has 3 aliphatic heterocycles. The van der Waals surface area contributed by atoms with E-state index in [0.717, 1.165) is 70.0 Å². The van der Waals surface area contributed by atoms with Gasteiger partial charge in [0.05, 0.1) is 11.3 Å².